The number of hydrogen-bond acceptors (Lipinski definition) is 2. The number of carbonyl (C=O) groups excluding carboxylic acids is 1. The van der Waals surface area contributed by atoms with Gasteiger partial charge in [-0.05, 0) is 48.9 Å². The molecule has 0 saturated carbocycles. The molecule has 2 aromatic carbocycles. The van der Waals surface area contributed by atoms with E-state index in [2.05, 4.69) is 15.3 Å². The summed E-state index contributed by atoms with van der Waals surface area (Å²) in [5, 5.41) is 2.72. The average molecular weight is 349 g/mol. The van der Waals surface area contributed by atoms with Crippen molar-refractivity contribution in [3.63, 3.8) is 0 Å². The van der Waals surface area contributed by atoms with Crippen LogP contribution >= 0.6 is 0 Å². The fourth-order valence-corrected chi connectivity index (χ4v) is 2.49. The fraction of sp³-hybridized carbons (Fsp3) is 0.176. The van der Waals surface area contributed by atoms with Gasteiger partial charge in [0.25, 0.3) is 5.91 Å². The van der Waals surface area contributed by atoms with Gasteiger partial charge in [-0.15, -0.1) is 0 Å². The standard InChI is InChI=1S/C17H14F3N3O2/c1-9(11-4-7-13-14(8-11)23-16(25)22-13)21-15(24)10-2-5-12(6-3-10)17(18,19)20/h2-9H,1H3,(H,21,24)(H2,22,23,25)/t9-/m1/s1. The van der Waals surface area contributed by atoms with Gasteiger partial charge >= 0.3 is 11.9 Å². The maximum absolute atomic E-state index is 12.6. The minimum absolute atomic E-state index is 0.135. The summed E-state index contributed by atoms with van der Waals surface area (Å²) in [5.74, 6) is -0.483. The summed E-state index contributed by atoms with van der Waals surface area (Å²) in [6.45, 7) is 1.74. The Morgan fingerprint density at radius 2 is 1.68 bits per heavy atom. The lowest BCUT2D eigenvalue weighted by Gasteiger charge is -2.15. The van der Waals surface area contributed by atoms with Crippen LogP contribution in [0.25, 0.3) is 11.0 Å². The molecule has 3 N–H and O–H groups in total. The number of imidazole rings is 1. The first-order chi connectivity index (χ1) is 11.7. The molecular formula is C17H14F3N3O2. The van der Waals surface area contributed by atoms with E-state index in [0.29, 0.717) is 11.0 Å². The predicted molar refractivity (Wildman–Crippen MR) is 86.2 cm³/mol. The highest BCUT2D eigenvalue weighted by atomic mass is 19.4. The number of H-pyrrole nitrogens is 2. The van der Waals surface area contributed by atoms with Crippen LogP contribution in [0.5, 0.6) is 0 Å². The normalized spacial score (nSPS) is 13.0. The van der Waals surface area contributed by atoms with Gasteiger partial charge in [0.1, 0.15) is 0 Å². The summed E-state index contributed by atoms with van der Waals surface area (Å²) in [6, 6.07) is 8.82. The molecule has 0 spiro atoms. The zero-order valence-electron chi connectivity index (χ0n) is 13.1. The third-order valence-corrected chi connectivity index (χ3v) is 3.86. The third kappa shape index (κ3) is 3.57. The molecule has 0 unspecified atom stereocenters. The maximum Gasteiger partial charge on any atom is 0.416 e. The van der Waals surface area contributed by atoms with Gasteiger partial charge in [0.2, 0.25) is 0 Å². The number of nitrogens with one attached hydrogen (secondary N) is 3. The first-order valence-electron chi connectivity index (χ1n) is 7.44. The van der Waals surface area contributed by atoms with Crippen LogP contribution in [0.3, 0.4) is 0 Å². The summed E-state index contributed by atoms with van der Waals surface area (Å²) in [5.41, 5.74) is 1.01. The van der Waals surface area contributed by atoms with Crippen LogP contribution in [0.15, 0.2) is 47.3 Å². The number of aromatic amines is 2. The minimum Gasteiger partial charge on any atom is -0.346 e. The first kappa shape index (κ1) is 16.8. The molecular weight excluding hydrogens is 335 g/mol. The van der Waals surface area contributed by atoms with E-state index in [1.807, 2.05) is 0 Å². The molecule has 1 heterocycles. The Labute approximate surface area is 139 Å². The van der Waals surface area contributed by atoms with E-state index in [9.17, 15) is 22.8 Å². The summed E-state index contributed by atoms with van der Waals surface area (Å²) in [4.78, 5) is 28.7. The number of fused-ring (bicyclic) bond motifs is 1. The van der Waals surface area contributed by atoms with Gasteiger partial charge in [0.05, 0.1) is 22.6 Å². The Morgan fingerprint density at radius 1 is 1.04 bits per heavy atom. The number of aromatic nitrogens is 2. The van der Waals surface area contributed by atoms with Crippen molar-refractivity contribution in [1.29, 1.82) is 0 Å². The van der Waals surface area contributed by atoms with Crippen molar-refractivity contribution in [2.24, 2.45) is 0 Å². The fourth-order valence-electron chi connectivity index (χ4n) is 2.49. The highest BCUT2D eigenvalue weighted by molar-refractivity contribution is 5.94. The van der Waals surface area contributed by atoms with Crippen LogP contribution in [0.4, 0.5) is 13.2 Å². The topological polar surface area (TPSA) is 77.8 Å². The van der Waals surface area contributed by atoms with Crippen molar-refractivity contribution in [1.82, 2.24) is 15.3 Å². The monoisotopic (exact) mass is 349 g/mol. The van der Waals surface area contributed by atoms with Crippen LogP contribution in [0, 0.1) is 0 Å². The van der Waals surface area contributed by atoms with Crippen molar-refractivity contribution in [2.75, 3.05) is 0 Å². The maximum atomic E-state index is 12.6. The smallest absolute Gasteiger partial charge is 0.346 e. The van der Waals surface area contributed by atoms with Crippen molar-refractivity contribution < 1.29 is 18.0 Å². The lowest BCUT2D eigenvalue weighted by molar-refractivity contribution is -0.137. The molecule has 5 nitrogen and oxygen atoms in total. The quantitative estimate of drug-likeness (QED) is 0.678. The van der Waals surface area contributed by atoms with Crippen LogP contribution < -0.4 is 11.0 Å². The van der Waals surface area contributed by atoms with Gasteiger partial charge in [-0.1, -0.05) is 6.07 Å². The summed E-state index contributed by atoms with van der Waals surface area (Å²) in [6.07, 6.45) is -4.44. The zero-order valence-corrected chi connectivity index (χ0v) is 13.1. The minimum atomic E-state index is -4.44. The lowest BCUT2D eigenvalue weighted by atomic mass is 10.1. The third-order valence-electron chi connectivity index (χ3n) is 3.86. The largest absolute Gasteiger partial charge is 0.416 e. The molecule has 1 amide bonds. The number of carbonyl (C=O) groups is 1. The molecule has 0 aliphatic rings. The number of rotatable bonds is 3. The van der Waals surface area contributed by atoms with Gasteiger partial charge in [-0.25, -0.2) is 4.79 Å². The molecule has 0 bridgehead atoms. The Kier molecular flexibility index (Phi) is 4.12. The second kappa shape index (κ2) is 6.12. The van der Waals surface area contributed by atoms with Crippen molar-refractivity contribution in [3.05, 3.63) is 69.6 Å². The summed E-state index contributed by atoms with van der Waals surface area (Å²) in [7, 11) is 0. The number of hydrogen-bond donors (Lipinski definition) is 3. The van der Waals surface area contributed by atoms with E-state index >= 15 is 0 Å². The van der Waals surface area contributed by atoms with E-state index < -0.39 is 23.7 Å². The van der Waals surface area contributed by atoms with Crippen LogP contribution in [-0.4, -0.2) is 15.9 Å². The highest BCUT2D eigenvalue weighted by Gasteiger charge is 2.30. The Morgan fingerprint density at radius 3 is 2.32 bits per heavy atom. The number of benzene rings is 2. The number of halogens is 3. The van der Waals surface area contributed by atoms with Crippen molar-refractivity contribution in [3.8, 4) is 0 Å². The van der Waals surface area contributed by atoms with Crippen LogP contribution in [0.2, 0.25) is 0 Å². The van der Waals surface area contributed by atoms with E-state index in [-0.39, 0.29) is 11.3 Å². The molecule has 130 valence electrons. The predicted octanol–water partition coefficient (Wildman–Crippen LogP) is 3.37. The SMILES string of the molecule is C[C@@H](NC(=O)c1ccc(C(F)(F)F)cc1)c1ccc2[nH]c(=O)[nH]c2c1. The molecule has 0 aliphatic carbocycles. The zero-order chi connectivity index (χ0) is 18.2. The van der Waals surface area contributed by atoms with Crippen LogP contribution in [-0.2, 0) is 6.18 Å². The Hall–Kier alpha value is -3.03. The molecule has 25 heavy (non-hydrogen) atoms. The molecule has 0 fully saturated rings. The molecule has 0 aliphatic heterocycles. The molecule has 1 aromatic heterocycles. The van der Waals surface area contributed by atoms with Gasteiger partial charge in [-0.3, -0.25) is 4.79 Å². The molecule has 3 aromatic rings. The van der Waals surface area contributed by atoms with E-state index in [4.69, 9.17) is 0 Å². The van der Waals surface area contributed by atoms with Crippen molar-refractivity contribution >= 4 is 16.9 Å². The second-order valence-electron chi connectivity index (χ2n) is 5.65. The van der Waals surface area contributed by atoms with Crippen molar-refractivity contribution in [2.45, 2.75) is 19.1 Å². The van der Waals surface area contributed by atoms with E-state index in [1.165, 1.54) is 0 Å². The average Bonchev–Trinajstić information content (AvgIpc) is 2.93. The van der Waals surface area contributed by atoms with Gasteiger partial charge in [0, 0.05) is 5.56 Å². The molecule has 3 rings (SSSR count). The molecule has 0 radical (unpaired) electrons. The van der Waals surface area contributed by atoms with Crippen LogP contribution in [0.1, 0.15) is 34.5 Å². The Bertz CT molecular complexity index is 971. The number of alkyl halides is 3. The van der Waals surface area contributed by atoms with E-state index in [0.717, 1.165) is 29.8 Å². The Balaban J connectivity index is 1.75. The number of amides is 1. The second-order valence-corrected chi connectivity index (χ2v) is 5.65. The highest BCUT2D eigenvalue weighted by Crippen LogP contribution is 2.29. The van der Waals surface area contributed by atoms with Gasteiger partial charge in [0.15, 0.2) is 0 Å². The lowest BCUT2D eigenvalue weighted by Crippen LogP contribution is -2.26. The molecule has 1 atom stereocenters. The first-order valence-corrected chi connectivity index (χ1v) is 7.44. The van der Waals surface area contributed by atoms with Gasteiger partial charge < -0.3 is 15.3 Å². The van der Waals surface area contributed by atoms with E-state index in [1.54, 1.807) is 25.1 Å². The summed E-state index contributed by atoms with van der Waals surface area (Å²) < 4.78 is 37.7. The van der Waals surface area contributed by atoms with Gasteiger partial charge in [-0.2, -0.15) is 13.2 Å². The molecule has 0 saturated heterocycles. The molecule has 8 heteroatoms. The summed E-state index contributed by atoms with van der Waals surface area (Å²) >= 11 is 0.